The third-order valence-electron chi connectivity index (χ3n) is 1.24. The van der Waals surface area contributed by atoms with E-state index >= 15 is 0 Å². The number of alkyl halides is 3. The minimum absolute atomic E-state index is 0.584. The van der Waals surface area contributed by atoms with Crippen LogP contribution < -0.4 is 4.12 Å². The standard InChI is InChI=1S/C7H4F3.Ga/c8-7(9,10)6-4-2-1-3-5-6;/h2-5H;. The normalized spacial score (nSPS) is 11.5. The molecule has 0 amide bonds. The maximum absolute atomic E-state index is 11.9. The van der Waals surface area contributed by atoms with Crippen molar-refractivity contribution in [2.75, 3.05) is 0 Å². The van der Waals surface area contributed by atoms with Gasteiger partial charge in [0, 0.05) is 0 Å². The summed E-state index contributed by atoms with van der Waals surface area (Å²) in [5.74, 6) is 0. The van der Waals surface area contributed by atoms with Crippen LogP contribution in [0.4, 0.5) is 13.2 Å². The Kier molecular flexibility index (Phi) is 2.34. The van der Waals surface area contributed by atoms with Gasteiger partial charge in [-0.25, -0.2) is 0 Å². The average molecular weight is 215 g/mol. The number of hydrogen-bond acceptors (Lipinski definition) is 0. The van der Waals surface area contributed by atoms with Gasteiger partial charge in [0.1, 0.15) is 0 Å². The first-order valence-electron chi connectivity index (χ1n) is 2.93. The van der Waals surface area contributed by atoms with Crippen LogP contribution in [0.3, 0.4) is 0 Å². The van der Waals surface area contributed by atoms with Crippen LogP contribution in [-0.4, -0.2) is 18.6 Å². The van der Waals surface area contributed by atoms with E-state index in [0.29, 0.717) is 0 Å². The molecule has 0 aliphatic heterocycles. The molecule has 0 bridgehead atoms. The van der Waals surface area contributed by atoms with Crippen LogP contribution in [0.15, 0.2) is 24.3 Å². The van der Waals surface area contributed by atoms with E-state index in [4.69, 9.17) is 0 Å². The first-order chi connectivity index (χ1) is 5.00. The molecular weight excluding hydrogens is 211 g/mol. The molecule has 0 unspecified atom stereocenters. The van der Waals surface area contributed by atoms with Crippen molar-refractivity contribution >= 4 is 22.7 Å². The second-order valence-corrected chi connectivity index (χ2v) is 3.52. The van der Waals surface area contributed by atoms with Crippen molar-refractivity contribution in [1.29, 1.82) is 0 Å². The number of rotatable bonds is 0. The molecule has 0 N–H and O–H groups in total. The summed E-state index contributed by atoms with van der Waals surface area (Å²) in [6.07, 6.45) is -4.21. The zero-order valence-corrected chi connectivity index (χ0v) is 7.94. The second-order valence-electron chi connectivity index (χ2n) is 2.12. The minimum atomic E-state index is -4.21. The molecule has 0 spiro atoms. The number of benzene rings is 1. The predicted molar refractivity (Wildman–Crippen MR) is 36.8 cm³/mol. The van der Waals surface area contributed by atoms with E-state index in [1.165, 1.54) is 30.7 Å². The van der Waals surface area contributed by atoms with Gasteiger partial charge in [0.25, 0.3) is 0 Å². The first kappa shape index (κ1) is 8.74. The summed E-state index contributed by atoms with van der Waals surface area (Å²) in [6.45, 7) is 0. The quantitative estimate of drug-likeness (QED) is 0.575. The molecule has 0 aliphatic carbocycles. The molecule has 1 aromatic carbocycles. The summed E-state index contributed by atoms with van der Waals surface area (Å²) in [5, 5.41) is 0. The Morgan fingerprint density at radius 1 is 1.00 bits per heavy atom. The van der Waals surface area contributed by atoms with Crippen molar-refractivity contribution in [3.05, 3.63) is 29.8 Å². The van der Waals surface area contributed by atoms with Gasteiger partial charge < -0.3 is 0 Å². The molecule has 0 aromatic heterocycles. The number of halogens is 3. The summed E-state index contributed by atoms with van der Waals surface area (Å²) in [4.78, 5) is 0. The van der Waals surface area contributed by atoms with Gasteiger partial charge in [-0.2, -0.15) is 0 Å². The molecule has 0 saturated carbocycles. The van der Waals surface area contributed by atoms with Crippen molar-refractivity contribution in [2.45, 2.75) is 6.18 Å². The molecule has 11 heavy (non-hydrogen) atoms. The fourth-order valence-corrected chi connectivity index (χ4v) is 1.08. The van der Waals surface area contributed by atoms with E-state index in [0.717, 1.165) is 16.3 Å². The molecule has 0 nitrogen and oxygen atoms in total. The SMILES string of the molecule is FC(F)(F)c1cc[c]([Ga])cc1. The van der Waals surface area contributed by atoms with Gasteiger partial charge in [-0.3, -0.25) is 0 Å². The van der Waals surface area contributed by atoms with Crippen molar-refractivity contribution in [3.8, 4) is 0 Å². The average Bonchev–Trinajstić information content (AvgIpc) is 1.86. The Morgan fingerprint density at radius 3 is 1.82 bits per heavy atom. The third kappa shape index (κ3) is 2.30. The van der Waals surface area contributed by atoms with Crippen molar-refractivity contribution in [1.82, 2.24) is 0 Å². The van der Waals surface area contributed by atoms with Crippen molar-refractivity contribution < 1.29 is 13.2 Å². The van der Waals surface area contributed by atoms with Gasteiger partial charge in [-0.1, -0.05) is 0 Å². The second kappa shape index (κ2) is 2.95. The molecule has 1 rings (SSSR count). The summed E-state index contributed by atoms with van der Waals surface area (Å²) in [5.41, 5.74) is -0.584. The van der Waals surface area contributed by atoms with Crippen LogP contribution in [0.5, 0.6) is 0 Å². The summed E-state index contributed by atoms with van der Waals surface area (Å²) in [6, 6.07) is 5.14. The van der Waals surface area contributed by atoms with E-state index in [-0.39, 0.29) is 0 Å². The fraction of sp³-hybridized carbons (Fsp3) is 0.143. The third-order valence-corrected chi connectivity index (χ3v) is 2.05. The van der Waals surface area contributed by atoms with Gasteiger partial charge in [0.2, 0.25) is 0 Å². The van der Waals surface area contributed by atoms with Crippen LogP contribution in [-0.2, 0) is 6.18 Å². The molecule has 1 aromatic rings. The summed E-state index contributed by atoms with van der Waals surface area (Å²) in [7, 11) is 0. The molecule has 2 radical (unpaired) electrons. The molecule has 0 saturated heterocycles. The Hall–Kier alpha value is -0.354. The predicted octanol–water partition coefficient (Wildman–Crippen LogP) is 1.50. The first-order valence-corrected chi connectivity index (χ1v) is 4.14. The zero-order chi connectivity index (χ0) is 8.48. The Labute approximate surface area is 72.3 Å². The molecule has 0 atom stereocenters. The van der Waals surface area contributed by atoms with Gasteiger partial charge in [0.15, 0.2) is 0 Å². The zero-order valence-electron chi connectivity index (χ0n) is 5.52. The van der Waals surface area contributed by atoms with Crippen LogP contribution in [0.1, 0.15) is 5.56 Å². The molecular formula is C7H4F3Ga. The number of hydrogen-bond donors (Lipinski definition) is 0. The van der Waals surface area contributed by atoms with Gasteiger partial charge >= 0.3 is 71.9 Å². The molecule has 4 heteroatoms. The molecule has 0 aliphatic rings. The van der Waals surface area contributed by atoms with E-state index in [1.807, 2.05) is 0 Å². The molecule has 0 fully saturated rings. The summed E-state index contributed by atoms with van der Waals surface area (Å²) < 4.78 is 36.7. The maximum atomic E-state index is 11.9. The Balaban J connectivity index is 2.99. The van der Waals surface area contributed by atoms with Crippen molar-refractivity contribution in [3.63, 3.8) is 0 Å². The van der Waals surface area contributed by atoms with Gasteiger partial charge in [-0.15, -0.1) is 0 Å². The summed E-state index contributed by atoms with van der Waals surface area (Å²) >= 11 is 1.32. The van der Waals surface area contributed by atoms with E-state index in [2.05, 4.69) is 0 Å². The Bertz CT molecular complexity index is 237. The molecule has 0 heterocycles. The Morgan fingerprint density at radius 2 is 1.45 bits per heavy atom. The molecule has 56 valence electrons. The van der Waals surface area contributed by atoms with Gasteiger partial charge in [0.05, 0.1) is 0 Å². The van der Waals surface area contributed by atoms with Crippen LogP contribution in [0.25, 0.3) is 0 Å². The topological polar surface area (TPSA) is 0 Å². The van der Waals surface area contributed by atoms with Crippen molar-refractivity contribution in [2.24, 2.45) is 0 Å². The van der Waals surface area contributed by atoms with E-state index < -0.39 is 11.7 Å². The van der Waals surface area contributed by atoms with Gasteiger partial charge in [-0.05, 0) is 0 Å². The fourth-order valence-electron chi connectivity index (χ4n) is 0.672. The van der Waals surface area contributed by atoms with E-state index in [9.17, 15) is 13.2 Å². The van der Waals surface area contributed by atoms with E-state index in [1.54, 1.807) is 0 Å². The monoisotopic (exact) mass is 214 g/mol. The van der Waals surface area contributed by atoms with Crippen LogP contribution in [0, 0.1) is 0 Å². The van der Waals surface area contributed by atoms with Crippen LogP contribution in [0.2, 0.25) is 0 Å². The van der Waals surface area contributed by atoms with Crippen LogP contribution >= 0.6 is 0 Å².